The summed E-state index contributed by atoms with van der Waals surface area (Å²) in [7, 11) is 3.34. The van der Waals surface area contributed by atoms with Gasteiger partial charge < -0.3 is 9.57 Å². The van der Waals surface area contributed by atoms with E-state index in [0.29, 0.717) is 22.7 Å². The number of hydrogen-bond acceptors (Lipinski definition) is 6. The Morgan fingerprint density at radius 2 is 1.88 bits per heavy atom. The quantitative estimate of drug-likeness (QED) is 0.779. The van der Waals surface area contributed by atoms with E-state index in [2.05, 4.69) is 10.3 Å². The molecule has 0 saturated carbocycles. The van der Waals surface area contributed by atoms with Crippen LogP contribution in [0.15, 0.2) is 35.6 Å². The molecule has 8 nitrogen and oxygen atoms in total. The van der Waals surface area contributed by atoms with Crippen LogP contribution in [0.2, 0.25) is 0 Å². The number of hydrogen-bond donors (Lipinski definition) is 0. The van der Waals surface area contributed by atoms with Crippen LogP contribution in [0.5, 0.6) is 5.75 Å². The molecule has 2 aromatic rings. The molecule has 1 aromatic heterocycles. The maximum Gasteiger partial charge on any atom is 0.278 e. The van der Waals surface area contributed by atoms with Crippen molar-refractivity contribution in [2.24, 2.45) is 18.1 Å². The lowest BCUT2D eigenvalue weighted by Gasteiger charge is -2.15. The molecule has 2 atom stereocenters. The highest BCUT2D eigenvalue weighted by molar-refractivity contribution is 6.32. The lowest BCUT2D eigenvalue weighted by molar-refractivity contribution is -0.126. The summed E-state index contributed by atoms with van der Waals surface area (Å²) in [6.07, 6.45) is 0.845. The van der Waals surface area contributed by atoms with Gasteiger partial charge in [0.15, 0.2) is 0 Å². The summed E-state index contributed by atoms with van der Waals surface area (Å²) >= 11 is 0. The maximum absolute atomic E-state index is 12.9. The third-order valence-electron chi connectivity index (χ3n) is 4.43. The Hall–Kier alpha value is -3.16. The number of aromatic nitrogens is 2. The van der Waals surface area contributed by atoms with Crippen LogP contribution in [0.1, 0.15) is 11.3 Å². The fraction of sp³-hybridized carbons (Fsp3) is 0.294. The third kappa shape index (κ3) is 2.21. The summed E-state index contributed by atoms with van der Waals surface area (Å²) in [6.45, 7) is 1.83. The Kier molecular flexibility index (Phi) is 3.34. The molecule has 0 N–H and O–H groups in total. The van der Waals surface area contributed by atoms with Crippen LogP contribution in [0, 0.1) is 12.8 Å². The number of imide groups is 1. The summed E-state index contributed by atoms with van der Waals surface area (Å²) < 4.78 is 6.75. The topological polar surface area (TPSA) is 86.0 Å². The first kappa shape index (κ1) is 15.4. The zero-order valence-corrected chi connectivity index (χ0v) is 14.0. The van der Waals surface area contributed by atoms with E-state index in [9.17, 15) is 9.59 Å². The van der Waals surface area contributed by atoms with Gasteiger partial charge in [-0.2, -0.15) is 5.10 Å². The zero-order chi connectivity index (χ0) is 17.7. The van der Waals surface area contributed by atoms with Gasteiger partial charge in [-0.1, -0.05) is 5.16 Å². The van der Waals surface area contributed by atoms with Crippen molar-refractivity contribution in [3.8, 4) is 5.75 Å². The number of methoxy groups -OCH3 is 1. The first-order valence-electron chi connectivity index (χ1n) is 7.77. The predicted molar refractivity (Wildman–Crippen MR) is 88.3 cm³/mol. The molecule has 1 fully saturated rings. The maximum atomic E-state index is 12.9. The minimum atomic E-state index is -0.927. The SMILES string of the molecule is COc1ccc(N2C(=O)C3ON=C(c4cn(C)nc4C)C3C2=O)cc1. The van der Waals surface area contributed by atoms with E-state index in [4.69, 9.17) is 9.57 Å². The van der Waals surface area contributed by atoms with E-state index >= 15 is 0 Å². The van der Waals surface area contributed by atoms with Gasteiger partial charge in [0.1, 0.15) is 17.4 Å². The third-order valence-corrected chi connectivity index (χ3v) is 4.43. The number of aryl methyl sites for hydroxylation is 2. The van der Waals surface area contributed by atoms with Gasteiger partial charge in [0, 0.05) is 18.8 Å². The number of anilines is 1. The van der Waals surface area contributed by atoms with Gasteiger partial charge in [-0.3, -0.25) is 14.3 Å². The van der Waals surface area contributed by atoms with Crippen molar-refractivity contribution in [3.63, 3.8) is 0 Å². The van der Waals surface area contributed by atoms with Gasteiger partial charge in [0.2, 0.25) is 12.0 Å². The van der Waals surface area contributed by atoms with Gasteiger partial charge in [-0.25, -0.2) is 4.90 Å². The van der Waals surface area contributed by atoms with E-state index < -0.39 is 17.9 Å². The Labute approximate surface area is 143 Å². The zero-order valence-electron chi connectivity index (χ0n) is 14.0. The highest BCUT2D eigenvalue weighted by Gasteiger charge is 2.56. The Bertz CT molecular complexity index is 900. The number of ether oxygens (including phenoxy) is 1. The molecule has 25 heavy (non-hydrogen) atoms. The van der Waals surface area contributed by atoms with Crippen LogP contribution in [0.4, 0.5) is 5.69 Å². The summed E-state index contributed by atoms with van der Waals surface area (Å²) in [5, 5.41) is 8.26. The van der Waals surface area contributed by atoms with Crippen molar-refractivity contribution in [1.29, 1.82) is 0 Å². The van der Waals surface area contributed by atoms with Crippen LogP contribution in [-0.4, -0.2) is 40.5 Å². The van der Waals surface area contributed by atoms with Crippen molar-refractivity contribution < 1.29 is 19.2 Å². The standard InChI is InChI=1S/C17H16N4O4/c1-9-12(8-20(2)18-9)14-13-15(25-19-14)17(23)21(16(13)22)10-4-6-11(24-3)7-5-10/h4-8,13,15H,1-3H3. The Morgan fingerprint density at radius 1 is 1.16 bits per heavy atom. The summed E-state index contributed by atoms with van der Waals surface area (Å²) in [5.74, 6) is -0.870. The average molecular weight is 340 g/mol. The number of carbonyl (C=O) groups excluding carboxylic acids is 2. The van der Waals surface area contributed by atoms with Gasteiger partial charge >= 0.3 is 0 Å². The number of carbonyl (C=O) groups is 2. The minimum Gasteiger partial charge on any atom is -0.497 e. The molecule has 0 aliphatic carbocycles. The van der Waals surface area contributed by atoms with E-state index in [-0.39, 0.29) is 5.91 Å². The fourth-order valence-electron chi connectivity index (χ4n) is 3.24. The van der Waals surface area contributed by atoms with E-state index in [0.717, 1.165) is 10.6 Å². The van der Waals surface area contributed by atoms with Crippen molar-refractivity contribution in [2.45, 2.75) is 13.0 Å². The Balaban J connectivity index is 1.69. The molecule has 1 saturated heterocycles. The van der Waals surface area contributed by atoms with Crippen molar-refractivity contribution in [2.75, 3.05) is 12.0 Å². The Morgan fingerprint density at radius 3 is 2.48 bits per heavy atom. The molecule has 128 valence electrons. The molecule has 2 amide bonds. The van der Waals surface area contributed by atoms with Crippen LogP contribution in [0.3, 0.4) is 0 Å². The largest absolute Gasteiger partial charge is 0.497 e. The highest BCUT2D eigenvalue weighted by atomic mass is 16.6. The number of fused-ring (bicyclic) bond motifs is 1. The highest BCUT2D eigenvalue weighted by Crippen LogP contribution is 2.36. The van der Waals surface area contributed by atoms with Crippen molar-refractivity contribution in [3.05, 3.63) is 41.7 Å². The smallest absolute Gasteiger partial charge is 0.278 e. The number of nitrogens with zero attached hydrogens (tertiary/aromatic N) is 4. The van der Waals surface area contributed by atoms with E-state index in [1.807, 2.05) is 6.92 Å². The fourth-order valence-corrected chi connectivity index (χ4v) is 3.24. The van der Waals surface area contributed by atoms with Gasteiger partial charge in [0.05, 0.1) is 18.5 Å². The molecular weight excluding hydrogens is 324 g/mol. The monoisotopic (exact) mass is 340 g/mol. The number of benzene rings is 1. The molecule has 2 aliphatic rings. The number of amides is 2. The van der Waals surface area contributed by atoms with Gasteiger partial charge in [-0.15, -0.1) is 0 Å². The minimum absolute atomic E-state index is 0.348. The molecule has 2 unspecified atom stereocenters. The first-order chi connectivity index (χ1) is 12.0. The normalized spacial score (nSPS) is 22.0. The second-order valence-corrected chi connectivity index (χ2v) is 5.99. The van der Waals surface area contributed by atoms with E-state index in [1.165, 1.54) is 0 Å². The van der Waals surface area contributed by atoms with Crippen molar-refractivity contribution >= 4 is 23.2 Å². The molecule has 0 radical (unpaired) electrons. The summed E-state index contributed by atoms with van der Waals surface area (Å²) in [4.78, 5) is 32.1. The van der Waals surface area contributed by atoms with Crippen LogP contribution < -0.4 is 9.64 Å². The summed E-state index contributed by atoms with van der Waals surface area (Å²) in [5.41, 5.74) is 2.38. The molecule has 4 rings (SSSR count). The number of oxime groups is 1. The molecule has 8 heteroatoms. The van der Waals surface area contributed by atoms with Crippen molar-refractivity contribution in [1.82, 2.24) is 9.78 Å². The number of rotatable bonds is 3. The van der Waals surface area contributed by atoms with Gasteiger partial charge in [0.25, 0.3) is 5.91 Å². The average Bonchev–Trinajstić information content (AvgIpc) is 3.24. The second-order valence-electron chi connectivity index (χ2n) is 5.99. The second kappa shape index (κ2) is 5.44. The van der Waals surface area contributed by atoms with Crippen LogP contribution in [-0.2, 0) is 21.5 Å². The van der Waals surface area contributed by atoms with Crippen LogP contribution in [0.25, 0.3) is 0 Å². The molecule has 0 spiro atoms. The lowest BCUT2D eigenvalue weighted by Crippen LogP contribution is -2.33. The molecule has 3 heterocycles. The first-order valence-corrected chi connectivity index (χ1v) is 7.77. The molecule has 1 aromatic carbocycles. The molecular formula is C17H16N4O4. The predicted octanol–water partition coefficient (Wildman–Crippen LogP) is 1.03. The van der Waals surface area contributed by atoms with E-state index in [1.54, 1.807) is 49.3 Å². The van der Waals surface area contributed by atoms with Crippen LogP contribution >= 0.6 is 0 Å². The lowest BCUT2D eigenvalue weighted by atomic mass is 9.94. The molecule has 0 bridgehead atoms. The van der Waals surface area contributed by atoms with Gasteiger partial charge in [-0.05, 0) is 31.2 Å². The molecule has 2 aliphatic heterocycles. The summed E-state index contributed by atoms with van der Waals surface area (Å²) in [6, 6.07) is 6.74.